The first-order chi connectivity index (χ1) is 14.6. The van der Waals surface area contributed by atoms with Gasteiger partial charge in [0.15, 0.2) is 11.5 Å². The van der Waals surface area contributed by atoms with E-state index in [1.54, 1.807) is 14.2 Å². The molecule has 0 spiro atoms. The molecule has 1 aliphatic heterocycles. The highest BCUT2D eigenvalue weighted by molar-refractivity contribution is 8.06. The third-order valence-electron chi connectivity index (χ3n) is 6.08. The number of benzene rings is 2. The number of carboxylic acid groups (broad SMARTS) is 1. The van der Waals surface area contributed by atoms with Gasteiger partial charge in [-0.2, -0.15) is 23.5 Å². The first-order valence-corrected chi connectivity index (χ1v) is 12.5. The van der Waals surface area contributed by atoms with Gasteiger partial charge in [-0.05, 0) is 18.1 Å². The minimum absolute atomic E-state index is 0.0694. The van der Waals surface area contributed by atoms with Gasteiger partial charge >= 0.3 is 5.97 Å². The summed E-state index contributed by atoms with van der Waals surface area (Å²) in [5.74, 6) is 3.62. The minimum atomic E-state index is -0.781. The van der Waals surface area contributed by atoms with Crippen LogP contribution < -0.4 is 9.47 Å². The molecule has 1 fully saturated rings. The summed E-state index contributed by atoms with van der Waals surface area (Å²) < 4.78 is 11.5. The predicted octanol–water partition coefficient (Wildman–Crippen LogP) is 5.46. The molecule has 1 N–H and O–H groups in total. The number of methoxy groups -OCH3 is 2. The van der Waals surface area contributed by atoms with Crippen LogP contribution >= 0.6 is 23.5 Å². The Bertz CT molecular complexity index is 836. The maximum absolute atomic E-state index is 12.1. The molecule has 30 heavy (non-hydrogen) atoms. The monoisotopic (exact) mass is 446 g/mol. The first kappa shape index (κ1) is 22.9. The van der Waals surface area contributed by atoms with Crippen molar-refractivity contribution in [3.05, 3.63) is 59.7 Å². The summed E-state index contributed by atoms with van der Waals surface area (Å²) in [4.78, 5) is 12.1. The number of thioether (sulfide) groups is 2. The largest absolute Gasteiger partial charge is 0.493 e. The zero-order valence-corrected chi connectivity index (χ0v) is 19.4. The number of carbonyl (C=O) groups is 1. The lowest BCUT2D eigenvalue weighted by Crippen LogP contribution is -2.46. The van der Waals surface area contributed by atoms with Crippen molar-refractivity contribution >= 4 is 29.5 Å². The SMILES string of the molecule is CCC(c1cccc(OC)c1OC)(C1CSCCS1)C(CC(=O)O)c1ccccc1. The normalized spacial score (nSPS) is 19.5. The summed E-state index contributed by atoms with van der Waals surface area (Å²) in [5, 5.41) is 10.2. The van der Waals surface area contributed by atoms with E-state index in [0.717, 1.165) is 34.8 Å². The number of rotatable bonds is 9. The molecule has 3 atom stereocenters. The van der Waals surface area contributed by atoms with Crippen LogP contribution in [0.4, 0.5) is 0 Å². The molecule has 1 heterocycles. The number of para-hydroxylation sites is 1. The van der Waals surface area contributed by atoms with Gasteiger partial charge < -0.3 is 14.6 Å². The van der Waals surface area contributed by atoms with Crippen molar-refractivity contribution in [2.24, 2.45) is 0 Å². The quantitative estimate of drug-likeness (QED) is 0.552. The Labute approximate surface area is 187 Å². The molecule has 0 amide bonds. The predicted molar refractivity (Wildman–Crippen MR) is 127 cm³/mol. The van der Waals surface area contributed by atoms with Crippen LogP contribution in [-0.4, -0.2) is 47.8 Å². The van der Waals surface area contributed by atoms with Gasteiger partial charge in [0.25, 0.3) is 0 Å². The Morgan fingerprint density at radius 1 is 1.13 bits per heavy atom. The van der Waals surface area contributed by atoms with E-state index < -0.39 is 11.4 Å². The van der Waals surface area contributed by atoms with Crippen molar-refractivity contribution < 1.29 is 19.4 Å². The minimum Gasteiger partial charge on any atom is -0.493 e. The highest BCUT2D eigenvalue weighted by atomic mass is 32.2. The van der Waals surface area contributed by atoms with Crippen LogP contribution in [0.15, 0.2) is 48.5 Å². The Morgan fingerprint density at radius 2 is 1.90 bits per heavy atom. The van der Waals surface area contributed by atoms with Crippen molar-refractivity contribution in [1.82, 2.24) is 0 Å². The number of hydrogen-bond donors (Lipinski definition) is 1. The van der Waals surface area contributed by atoms with E-state index in [1.165, 1.54) is 0 Å². The van der Waals surface area contributed by atoms with Crippen molar-refractivity contribution in [1.29, 1.82) is 0 Å². The second kappa shape index (κ2) is 10.5. The van der Waals surface area contributed by atoms with Crippen LogP contribution in [0.2, 0.25) is 0 Å². The van der Waals surface area contributed by atoms with Gasteiger partial charge in [0.1, 0.15) is 0 Å². The summed E-state index contributed by atoms with van der Waals surface area (Å²) in [7, 11) is 3.31. The van der Waals surface area contributed by atoms with Gasteiger partial charge in [-0.25, -0.2) is 0 Å². The molecule has 0 radical (unpaired) electrons. The molecule has 0 aliphatic carbocycles. The van der Waals surface area contributed by atoms with Crippen LogP contribution in [0.25, 0.3) is 0 Å². The fourth-order valence-electron chi connectivity index (χ4n) is 4.75. The van der Waals surface area contributed by atoms with Crippen LogP contribution in [0.5, 0.6) is 11.5 Å². The maximum Gasteiger partial charge on any atom is 0.303 e. The van der Waals surface area contributed by atoms with E-state index >= 15 is 0 Å². The number of carboxylic acids is 1. The van der Waals surface area contributed by atoms with Gasteiger partial charge in [-0.3, -0.25) is 4.79 Å². The average Bonchev–Trinajstić information content (AvgIpc) is 2.80. The zero-order chi connectivity index (χ0) is 21.6. The second-order valence-electron chi connectivity index (χ2n) is 7.43. The molecule has 0 aromatic heterocycles. The van der Waals surface area contributed by atoms with Crippen LogP contribution in [0, 0.1) is 0 Å². The lowest BCUT2D eigenvalue weighted by atomic mass is 9.62. The Kier molecular flexibility index (Phi) is 8.00. The van der Waals surface area contributed by atoms with E-state index in [-0.39, 0.29) is 17.6 Å². The first-order valence-electron chi connectivity index (χ1n) is 10.3. The topological polar surface area (TPSA) is 55.8 Å². The highest BCUT2D eigenvalue weighted by Gasteiger charge is 2.49. The Hall–Kier alpha value is -1.79. The number of aliphatic carboxylic acids is 1. The van der Waals surface area contributed by atoms with Crippen molar-refractivity contribution in [3.63, 3.8) is 0 Å². The average molecular weight is 447 g/mol. The molecule has 2 aromatic rings. The third-order valence-corrected chi connectivity index (χ3v) is 9.04. The molecule has 6 heteroatoms. The summed E-state index contributed by atoms with van der Waals surface area (Å²) >= 11 is 3.92. The lowest BCUT2D eigenvalue weighted by molar-refractivity contribution is -0.137. The lowest BCUT2D eigenvalue weighted by Gasteiger charge is -2.48. The van der Waals surface area contributed by atoms with Gasteiger partial charge in [0.2, 0.25) is 0 Å². The van der Waals surface area contributed by atoms with E-state index in [4.69, 9.17) is 9.47 Å². The third kappa shape index (κ3) is 4.45. The molecule has 4 nitrogen and oxygen atoms in total. The molecular weight excluding hydrogens is 416 g/mol. The standard InChI is InChI=1S/C24H30O4S2/c1-4-24(21-16-29-13-14-30-21,18-11-8-12-20(27-2)23(18)28-3)19(15-22(25)26)17-9-6-5-7-10-17/h5-12,19,21H,4,13-16H2,1-3H3,(H,25,26). The van der Waals surface area contributed by atoms with Gasteiger partial charge in [-0.1, -0.05) is 49.4 Å². The van der Waals surface area contributed by atoms with Crippen LogP contribution in [0.3, 0.4) is 0 Å². The molecule has 3 rings (SSSR count). The van der Waals surface area contributed by atoms with Gasteiger partial charge in [0, 0.05) is 39.4 Å². The molecule has 0 bridgehead atoms. The van der Waals surface area contributed by atoms with Crippen LogP contribution in [-0.2, 0) is 10.2 Å². The summed E-state index contributed by atoms with van der Waals surface area (Å²) in [5.41, 5.74) is 1.70. The summed E-state index contributed by atoms with van der Waals surface area (Å²) in [6.45, 7) is 2.18. The van der Waals surface area contributed by atoms with Gasteiger partial charge in [-0.15, -0.1) is 0 Å². The zero-order valence-electron chi connectivity index (χ0n) is 17.8. The van der Waals surface area contributed by atoms with Gasteiger partial charge in [0.05, 0.1) is 20.6 Å². The summed E-state index contributed by atoms with van der Waals surface area (Å²) in [6, 6.07) is 16.1. The molecule has 162 valence electrons. The molecular formula is C24H30O4S2. The van der Waals surface area contributed by atoms with E-state index in [1.807, 2.05) is 53.9 Å². The number of hydrogen-bond acceptors (Lipinski definition) is 5. The van der Waals surface area contributed by atoms with Crippen molar-refractivity contribution in [2.75, 3.05) is 31.5 Å². The Morgan fingerprint density at radius 3 is 2.47 bits per heavy atom. The molecule has 1 aliphatic rings. The van der Waals surface area contributed by atoms with Crippen molar-refractivity contribution in [2.45, 2.75) is 36.3 Å². The number of ether oxygens (including phenoxy) is 2. The van der Waals surface area contributed by atoms with E-state index in [0.29, 0.717) is 11.5 Å². The molecule has 0 saturated carbocycles. The molecule has 1 saturated heterocycles. The fourth-order valence-corrected chi connectivity index (χ4v) is 7.99. The van der Waals surface area contributed by atoms with E-state index in [2.05, 4.69) is 25.1 Å². The maximum atomic E-state index is 12.1. The Balaban J connectivity index is 2.29. The van der Waals surface area contributed by atoms with E-state index in [9.17, 15) is 9.90 Å². The van der Waals surface area contributed by atoms with Crippen LogP contribution in [0.1, 0.15) is 36.8 Å². The fraction of sp³-hybridized carbons (Fsp3) is 0.458. The summed E-state index contributed by atoms with van der Waals surface area (Å²) in [6.07, 6.45) is 0.877. The molecule has 3 unspecified atom stereocenters. The smallest absolute Gasteiger partial charge is 0.303 e. The second-order valence-corrected chi connectivity index (χ2v) is 9.89. The van der Waals surface area contributed by atoms with Crippen molar-refractivity contribution in [3.8, 4) is 11.5 Å². The highest BCUT2D eigenvalue weighted by Crippen LogP contribution is 2.55. The molecule has 2 aromatic carbocycles.